The summed E-state index contributed by atoms with van der Waals surface area (Å²) < 4.78 is 23.6. The van der Waals surface area contributed by atoms with Gasteiger partial charge in [0.25, 0.3) is 0 Å². The summed E-state index contributed by atoms with van der Waals surface area (Å²) in [7, 11) is -3.24. The van der Waals surface area contributed by atoms with Crippen molar-refractivity contribution in [2.45, 2.75) is 76.9 Å². The van der Waals surface area contributed by atoms with Gasteiger partial charge in [0.05, 0.1) is 17.4 Å². The smallest absolute Gasteiger partial charge is 0.304 e. The Morgan fingerprint density at radius 3 is 1.95 bits per heavy atom. The van der Waals surface area contributed by atoms with Crippen molar-refractivity contribution in [1.82, 2.24) is 0 Å². The molecule has 0 aliphatic rings. The second-order valence-electron chi connectivity index (χ2n) is 5.25. The molecule has 0 aromatic carbocycles. The van der Waals surface area contributed by atoms with E-state index in [0.717, 1.165) is 12.8 Å². The molecule has 0 saturated carbocycles. The summed E-state index contributed by atoms with van der Waals surface area (Å²) in [6, 6.07) is 0. The van der Waals surface area contributed by atoms with Gasteiger partial charge in [0.15, 0.2) is 9.84 Å². The minimum absolute atomic E-state index is 0.121. The van der Waals surface area contributed by atoms with E-state index in [0.29, 0.717) is 6.42 Å². The molecule has 0 aliphatic carbocycles. The van der Waals surface area contributed by atoms with Crippen molar-refractivity contribution in [2.75, 3.05) is 5.75 Å². The van der Waals surface area contributed by atoms with Gasteiger partial charge in [0.2, 0.25) is 0 Å². The highest BCUT2D eigenvalue weighted by Gasteiger charge is 2.22. The van der Waals surface area contributed by atoms with Crippen molar-refractivity contribution in [1.29, 1.82) is 0 Å². The molecule has 0 rings (SSSR count). The molecule has 19 heavy (non-hydrogen) atoms. The van der Waals surface area contributed by atoms with Gasteiger partial charge in [-0.1, -0.05) is 51.9 Å². The first-order valence-corrected chi connectivity index (χ1v) is 9.05. The van der Waals surface area contributed by atoms with Crippen LogP contribution in [0, 0.1) is 0 Å². The minimum Gasteiger partial charge on any atom is -0.481 e. The van der Waals surface area contributed by atoms with Crippen LogP contribution in [0.4, 0.5) is 0 Å². The molecule has 4 nitrogen and oxygen atoms in total. The summed E-state index contributed by atoms with van der Waals surface area (Å²) in [5, 5.41) is 7.83. The molecule has 0 aliphatic heterocycles. The van der Waals surface area contributed by atoms with Gasteiger partial charge in [0.1, 0.15) is 0 Å². The van der Waals surface area contributed by atoms with Crippen LogP contribution in [0.25, 0.3) is 0 Å². The van der Waals surface area contributed by atoms with Crippen molar-refractivity contribution >= 4 is 15.8 Å². The lowest BCUT2D eigenvalue weighted by Gasteiger charge is -2.10. The summed E-state index contributed by atoms with van der Waals surface area (Å²) in [5.41, 5.74) is 0. The molecule has 0 heterocycles. The van der Waals surface area contributed by atoms with Crippen molar-refractivity contribution in [3.8, 4) is 0 Å². The number of unbranched alkanes of at least 4 members (excludes halogenated alkanes) is 7. The summed E-state index contributed by atoms with van der Waals surface area (Å²) in [5.74, 6) is -0.928. The molecule has 0 bridgehead atoms. The molecular formula is C14H28O4S. The van der Waals surface area contributed by atoms with Crippen molar-refractivity contribution in [3.63, 3.8) is 0 Å². The number of sulfone groups is 1. The first-order valence-electron chi connectivity index (χ1n) is 7.33. The van der Waals surface area contributed by atoms with Crippen LogP contribution in [0.1, 0.15) is 71.6 Å². The molecule has 0 spiro atoms. The number of rotatable bonds is 12. The third kappa shape index (κ3) is 9.93. The third-order valence-electron chi connectivity index (χ3n) is 3.36. The Morgan fingerprint density at radius 2 is 1.47 bits per heavy atom. The molecule has 5 heteroatoms. The van der Waals surface area contributed by atoms with E-state index in [1.54, 1.807) is 0 Å². The molecule has 0 amide bonds. The normalized spacial score (nSPS) is 13.4. The van der Waals surface area contributed by atoms with Gasteiger partial charge in [-0.05, 0) is 13.3 Å². The summed E-state index contributed by atoms with van der Waals surface area (Å²) in [6.07, 6.45) is 8.54. The fraction of sp³-hybridized carbons (Fsp3) is 0.929. The SMILES string of the molecule is CCCCCCCCCCS(=O)(=O)C(C)CC(=O)O. The molecule has 0 aromatic rings. The quantitative estimate of drug-likeness (QED) is 0.560. The molecule has 0 saturated heterocycles. The first-order chi connectivity index (χ1) is 8.90. The van der Waals surface area contributed by atoms with Gasteiger partial charge in [-0.2, -0.15) is 0 Å². The Balaban J connectivity index is 3.67. The lowest BCUT2D eigenvalue weighted by Crippen LogP contribution is -2.23. The van der Waals surface area contributed by atoms with Gasteiger partial charge in [-0.15, -0.1) is 0 Å². The van der Waals surface area contributed by atoms with E-state index in [9.17, 15) is 13.2 Å². The Morgan fingerprint density at radius 1 is 1.00 bits per heavy atom. The molecule has 1 N–H and O–H groups in total. The van der Waals surface area contributed by atoms with Crippen LogP contribution < -0.4 is 0 Å². The van der Waals surface area contributed by atoms with Crippen LogP contribution >= 0.6 is 0 Å². The maximum Gasteiger partial charge on any atom is 0.304 e. The van der Waals surface area contributed by atoms with Gasteiger partial charge < -0.3 is 5.11 Å². The molecule has 0 aromatic heterocycles. The van der Waals surface area contributed by atoms with E-state index in [4.69, 9.17) is 5.11 Å². The Bertz CT molecular complexity index is 335. The number of hydrogen-bond acceptors (Lipinski definition) is 3. The second-order valence-corrected chi connectivity index (χ2v) is 7.79. The standard InChI is InChI=1S/C14H28O4S/c1-3-4-5-6-7-8-9-10-11-19(17,18)13(2)12-14(15)16/h13H,3-12H2,1-2H3,(H,15,16). The van der Waals surface area contributed by atoms with Crippen LogP contribution in [-0.4, -0.2) is 30.5 Å². The average Bonchev–Trinajstić information content (AvgIpc) is 2.31. The first kappa shape index (κ1) is 18.4. The Hall–Kier alpha value is -0.580. The zero-order chi connectivity index (χ0) is 14.7. The monoisotopic (exact) mass is 292 g/mol. The summed E-state index contributed by atoms with van der Waals surface area (Å²) >= 11 is 0. The van der Waals surface area contributed by atoms with E-state index in [2.05, 4.69) is 6.92 Å². The fourth-order valence-electron chi connectivity index (χ4n) is 2.01. The lowest BCUT2D eigenvalue weighted by molar-refractivity contribution is -0.136. The van der Waals surface area contributed by atoms with Crippen LogP contribution in [0.2, 0.25) is 0 Å². The molecule has 1 atom stereocenters. The molecular weight excluding hydrogens is 264 g/mol. The number of carboxylic acid groups (broad SMARTS) is 1. The molecule has 0 fully saturated rings. The van der Waals surface area contributed by atoms with Gasteiger partial charge in [0, 0.05) is 0 Å². The number of aliphatic carboxylic acids is 1. The van der Waals surface area contributed by atoms with Crippen molar-refractivity contribution in [2.24, 2.45) is 0 Å². The van der Waals surface area contributed by atoms with E-state index < -0.39 is 21.1 Å². The van der Waals surface area contributed by atoms with Crippen LogP contribution in [-0.2, 0) is 14.6 Å². The van der Waals surface area contributed by atoms with Crippen LogP contribution in [0.15, 0.2) is 0 Å². The number of carbonyl (C=O) groups is 1. The predicted molar refractivity (Wildman–Crippen MR) is 78.1 cm³/mol. The van der Waals surface area contributed by atoms with E-state index in [-0.39, 0.29) is 12.2 Å². The average molecular weight is 292 g/mol. The van der Waals surface area contributed by atoms with Gasteiger partial charge in [-0.3, -0.25) is 4.79 Å². The van der Waals surface area contributed by atoms with Gasteiger partial charge in [-0.25, -0.2) is 8.42 Å². The predicted octanol–water partition coefficient (Wildman–Crippen LogP) is 3.41. The third-order valence-corrected chi connectivity index (χ3v) is 5.61. The zero-order valence-corrected chi connectivity index (χ0v) is 13.0. The van der Waals surface area contributed by atoms with Crippen molar-refractivity contribution in [3.05, 3.63) is 0 Å². The fourth-order valence-corrected chi connectivity index (χ4v) is 3.42. The van der Waals surface area contributed by atoms with Gasteiger partial charge >= 0.3 is 5.97 Å². The summed E-state index contributed by atoms with van der Waals surface area (Å²) in [6.45, 7) is 3.66. The van der Waals surface area contributed by atoms with Crippen LogP contribution in [0.5, 0.6) is 0 Å². The van der Waals surface area contributed by atoms with E-state index in [1.165, 1.54) is 39.0 Å². The highest BCUT2D eigenvalue weighted by molar-refractivity contribution is 7.92. The topological polar surface area (TPSA) is 71.4 Å². The number of hydrogen-bond donors (Lipinski definition) is 1. The number of carboxylic acids is 1. The minimum atomic E-state index is -3.24. The largest absolute Gasteiger partial charge is 0.481 e. The highest BCUT2D eigenvalue weighted by atomic mass is 32.2. The Kier molecular flexibility index (Phi) is 9.92. The zero-order valence-electron chi connectivity index (χ0n) is 12.2. The van der Waals surface area contributed by atoms with Crippen LogP contribution in [0.3, 0.4) is 0 Å². The van der Waals surface area contributed by atoms with E-state index in [1.807, 2.05) is 0 Å². The molecule has 114 valence electrons. The second kappa shape index (κ2) is 10.2. The summed E-state index contributed by atoms with van der Waals surface area (Å²) in [4.78, 5) is 10.5. The molecule has 1 unspecified atom stereocenters. The maximum atomic E-state index is 11.8. The molecule has 0 radical (unpaired) electrons. The Labute approximate surface area is 117 Å². The van der Waals surface area contributed by atoms with Crippen molar-refractivity contribution < 1.29 is 18.3 Å². The maximum absolute atomic E-state index is 11.8. The lowest BCUT2D eigenvalue weighted by atomic mass is 10.1. The highest BCUT2D eigenvalue weighted by Crippen LogP contribution is 2.12. The van der Waals surface area contributed by atoms with E-state index >= 15 is 0 Å².